The van der Waals surface area contributed by atoms with Crippen molar-refractivity contribution in [3.63, 3.8) is 0 Å². The van der Waals surface area contributed by atoms with Crippen LogP contribution < -0.4 is 0 Å². The Bertz CT molecular complexity index is 986. The third-order valence-electron chi connectivity index (χ3n) is 7.94. The van der Waals surface area contributed by atoms with Gasteiger partial charge in [-0.15, -0.1) is 0 Å². The van der Waals surface area contributed by atoms with Gasteiger partial charge in [-0.05, 0) is 70.6 Å². The van der Waals surface area contributed by atoms with Crippen molar-refractivity contribution in [3.05, 3.63) is 72.9 Å². The van der Waals surface area contributed by atoms with Crippen molar-refractivity contribution in [1.82, 2.24) is 0 Å². The number of esters is 3. The van der Waals surface area contributed by atoms with E-state index in [1.807, 2.05) is 12.2 Å². The Morgan fingerprint density at radius 1 is 0.420 bits per heavy atom. The van der Waals surface area contributed by atoms with Gasteiger partial charge >= 0.3 is 17.9 Å². The molecule has 0 aliphatic carbocycles. The van der Waals surface area contributed by atoms with Crippen LogP contribution in [0.1, 0.15) is 168 Å². The fourth-order valence-corrected chi connectivity index (χ4v) is 4.96. The van der Waals surface area contributed by atoms with E-state index in [-0.39, 0.29) is 37.5 Å². The van der Waals surface area contributed by atoms with Crippen LogP contribution in [0.3, 0.4) is 0 Å². The smallest absolute Gasteiger partial charge is 0.306 e. The lowest BCUT2D eigenvalue weighted by molar-refractivity contribution is -0.166. The molecule has 284 valence electrons. The second kappa shape index (κ2) is 38.6. The SMILES string of the molecule is CC/C=C\C/C=C\C/C=C\C/C=C\CCC(=O)OCC(COC(=O)CCCCCCCC)OC(=O)CCCCCCC/C=C\C/C=C\CCC. The second-order valence-corrected chi connectivity index (χ2v) is 12.8. The van der Waals surface area contributed by atoms with Gasteiger partial charge in [0, 0.05) is 19.3 Å². The lowest BCUT2D eigenvalue weighted by Crippen LogP contribution is -2.30. The normalized spacial score (nSPS) is 12.8. The number of carbonyl (C=O) groups excluding carboxylic acids is 3. The molecule has 0 saturated heterocycles. The van der Waals surface area contributed by atoms with Gasteiger partial charge in [0.05, 0.1) is 0 Å². The monoisotopic (exact) mass is 697 g/mol. The Labute approximate surface area is 306 Å². The molecule has 0 N–H and O–H groups in total. The average Bonchev–Trinajstić information content (AvgIpc) is 3.11. The summed E-state index contributed by atoms with van der Waals surface area (Å²) < 4.78 is 16.5. The summed E-state index contributed by atoms with van der Waals surface area (Å²) in [5.41, 5.74) is 0. The Hall–Kier alpha value is -3.15. The van der Waals surface area contributed by atoms with Gasteiger partial charge in [0.2, 0.25) is 0 Å². The first-order valence-corrected chi connectivity index (χ1v) is 19.9. The average molecular weight is 697 g/mol. The molecule has 1 atom stereocenters. The summed E-state index contributed by atoms with van der Waals surface area (Å²) in [7, 11) is 0. The van der Waals surface area contributed by atoms with E-state index in [4.69, 9.17) is 14.2 Å². The molecule has 50 heavy (non-hydrogen) atoms. The van der Waals surface area contributed by atoms with E-state index < -0.39 is 6.10 Å². The molecule has 0 bridgehead atoms. The van der Waals surface area contributed by atoms with Crippen LogP contribution in [0.2, 0.25) is 0 Å². The van der Waals surface area contributed by atoms with Crippen molar-refractivity contribution in [3.8, 4) is 0 Å². The zero-order chi connectivity index (χ0) is 36.6. The fourth-order valence-electron chi connectivity index (χ4n) is 4.96. The highest BCUT2D eigenvalue weighted by Crippen LogP contribution is 2.11. The van der Waals surface area contributed by atoms with Crippen molar-refractivity contribution in [1.29, 1.82) is 0 Å². The Balaban J connectivity index is 4.47. The standard InChI is InChI=1S/C44H72O6/c1-4-7-10-13-16-18-20-22-24-26-28-31-34-37-43(46)49-40-41(39-48-42(45)36-33-30-15-12-9-6-3)50-44(47)38-35-32-29-27-25-23-21-19-17-14-11-8-5-2/h7,10-11,14,16,18-19,21-22,24,28,31,41H,4-6,8-9,12-13,15,17,20,23,25-27,29-30,32-40H2,1-3H3/b10-7-,14-11-,18-16-,21-19-,24-22-,31-28-. The summed E-state index contributed by atoms with van der Waals surface area (Å²) in [5.74, 6) is -1.03. The molecule has 0 heterocycles. The quantitative estimate of drug-likeness (QED) is 0.0288. The summed E-state index contributed by atoms with van der Waals surface area (Å²) in [4.78, 5) is 37.3. The van der Waals surface area contributed by atoms with Crippen molar-refractivity contribution < 1.29 is 28.6 Å². The molecule has 0 aliphatic rings. The van der Waals surface area contributed by atoms with Gasteiger partial charge in [-0.3, -0.25) is 14.4 Å². The van der Waals surface area contributed by atoms with Crippen LogP contribution in [-0.4, -0.2) is 37.2 Å². The second-order valence-electron chi connectivity index (χ2n) is 12.8. The zero-order valence-corrected chi connectivity index (χ0v) is 32.1. The van der Waals surface area contributed by atoms with Crippen molar-refractivity contribution >= 4 is 17.9 Å². The van der Waals surface area contributed by atoms with Crippen molar-refractivity contribution in [2.75, 3.05) is 13.2 Å². The highest BCUT2D eigenvalue weighted by Gasteiger charge is 2.19. The molecule has 1 unspecified atom stereocenters. The molecule has 0 fully saturated rings. The number of ether oxygens (including phenoxy) is 3. The van der Waals surface area contributed by atoms with E-state index in [0.29, 0.717) is 19.3 Å². The molecule has 0 saturated carbocycles. The number of unbranched alkanes of at least 4 members (excludes halogenated alkanes) is 11. The highest BCUT2D eigenvalue weighted by molar-refractivity contribution is 5.71. The minimum atomic E-state index is -0.805. The zero-order valence-electron chi connectivity index (χ0n) is 32.1. The molecule has 0 rings (SSSR count). The minimum absolute atomic E-state index is 0.105. The predicted octanol–water partition coefficient (Wildman–Crippen LogP) is 12.4. The summed E-state index contributed by atoms with van der Waals surface area (Å²) in [5, 5.41) is 0. The molecule has 0 aromatic carbocycles. The van der Waals surface area contributed by atoms with Crippen LogP contribution in [0, 0.1) is 0 Å². The highest BCUT2D eigenvalue weighted by atomic mass is 16.6. The molecule has 6 heteroatoms. The fraction of sp³-hybridized carbons (Fsp3) is 0.659. The van der Waals surface area contributed by atoms with Gasteiger partial charge in [0.15, 0.2) is 6.10 Å². The summed E-state index contributed by atoms with van der Waals surface area (Å²) in [6.07, 6.45) is 46.3. The number of hydrogen-bond donors (Lipinski definition) is 0. The lowest BCUT2D eigenvalue weighted by Gasteiger charge is -2.18. The molecule has 6 nitrogen and oxygen atoms in total. The van der Waals surface area contributed by atoms with Crippen molar-refractivity contribution in [2.24, 2.45) is 0 Å². The predicted molar refractivity (Wildman–Crippen MR) is 210 cm³/mol. The third kappa shape index (κ3) is 36.1. The van der Waals surface area contributed by atoms with Crippen LogP contribution in [0.15, 0.2) is 72.9 Å². The van der Waals surface area contributed by atoms with E-state index in [1.54, 1.807) is 0 Å². The Kier molecular flexibility index (Phi) is 36.2. The van der Waals surface area contributed by atoms with Gasteiger partial charge in [0.25, 0.3) is 0 Å². The van der Waals surface area contributed by atoms with Crippen LogP contribution in [-0.2, 0) is 28.6 Å². The van der Waals surface area contributed by atoms with E-state index >= 15 is 0 Å². The summed E-state index contributed by atoms with van der Waals surface area (Å²) in [6, 6.07) is 0. The molecular weight excluding hydrogens is 624 g/mol. The van der Waals surface area contributed by atoms with E-state index in [0.717, 1.165) is 96.3 Å². The van der Waals surface area contributed by atoms with Gasteiger partial charge < -0.3 is 14.2 Å². The molecule has 0 aromatic heterocycles. The number of carbonyl (C=O) groups is 3. The van der Waals surface area contributed by atoms with Crippen LogP contribution in [0.4, 0.5) is 0 Å². The largest absolute Gasteiger partial charge is 0.462 e. The Morgan fingerprint density at radius 2 is 0.860 bits per heavy atom. The van der Waals surface area contributed by atoms with Crippen LogP contribution >= 0.6 is 0 Å². The van der Waals surface area contributed by atoms with E-state index in [2.05, 4.69) is 81.5 Å². The molecule has 0 spiro atoms. The topological polar surface area (TPSA) is 78.9 Å². The minimum Gasteiger partial charge on any atom is -0.462 e. The van der Waals surface area contributed by atoms with Gasteiger partial charge in [-0.2, -0.15) is 0 Å². The van der Waals surface area contributed by atoms with Gasteiger partial charge in [-0.25, -0.2) is 0 Å². The first-order valence-electron chi connectivity index (χ1n) is 19.9. The lowest BCUT2D eigenvalue weighted by atomic mass is 10.1. The number of hydrogen-bond acceptors (Lipinski definition) is 6. The first kappa shape index (κ1) is 46.9. The maximum atomic E-state index is 12.6. The molecule has 0 aliphatic heterocycles. The third-order valence-corrected chi connectivity index (χ3v) is 7.94. The Morgan fingerprint density at radius 3 is 1.42 bits per heavy atom. The van der Waals surface area contributed by atoms with Gasteiger partial charge in [0.1, 0.15) is 13.2 Å². The van der Waals surface area contributed by atoms with Crippen LogP contribution in [0.25, 0.3) is 0 Å². The maximum Gasteiger partial charge on any atom is 0.306 e. The van der Waals surface area contributed by atoms with E-state index in [9.17, 15) is 14.4 Å². The molecule has 0 radical (unpaired) electrons. The van der Waals surface area contributed by atoms with Crippen LogP contribution in [0.5, 0.6) is 0 Å². The summed E-state index contributed by atoms with van der Waals surface area (Å²) in [6.45, 7) is 6.28. The van der Waals surface area contributed by atoms with E-state index in [1.165, 1.54) is 25.7 Å². The molecule has 0 amide bonds. The van der Waals surface area contributed by atoms with Gasteiger partial charge in [-0.1, -0.05) is 151 Å². The number of allylic oxidation sites excluding steroid dienone is 12. The molecule has 0 aromatic rings. The first-order chi connectivity index (χ1) is 24.5. The molecular formula is C44H72O6. The maximum absolute atomic E-state index is 12.6. The number of rotatable bonds is 34. The van der Waals surface area contributed by atoms with Crippen molar-refractivity contribution in [2.45, 2.75) is 175 Å². The summed E-state index contributed by atoms with van der Waals surface area (Å²) >= 11 is 0.